The van der Waals surface area contributed by atoms with Crippen LogP contribution in [-0.2, 0) is 6.42 Å². The number of hydrogen-bond donors (Lipinski definition) is 1. The quantitative estimate of drug-likeness (QED) is 0.707. The molecule has 106 valence electrons. The normalized spacial score (nSPS) is 12.5. The molecule has 0 aromatic heterocycles. The molecule has 0 spiro atoms. The first-order chi connectivity index (χ1) is 10.1. The lowest BCUT2D eigenvalue weighted by Gasteiger charge is -2.13. The molecule has 0 aliphatic carbocycles. The number of aliphatic hydroxyl groups is 1. The molecule has 0 bridgehead atoms. The lowest BCUT2D eigenvalue weighted by Crippen LogP contribution is -2.03. The fraction of sp³-hybridized carbons (Fsp3) is 0.111. The summed E-state index contributed by atoms with van der Waals surface area (Å²) in [5.41, 5.74) is 1.65. The van der Waals surface area contributed by atoms with Gasteiger partial charge in [0.1, 0.15) is 5.82 Å². The zero-order valence-corrected chi connectivity index (χ0v) is 12.8. The van der Waals surface area contributed by atoms with E-state index in [4.69, 9.17) is 0 Å². The molecule has 0 saturated heterocycles. The molecule has 3 rings (SSSR count). The summed E-state index contributed by atoms with van der Waals surface area (Å²) in [5, 5.41) is 12.6. The molecular formula is C18H14BrFO. The number of rotatable bonds is 3. The summed E-state index contributed by atoms with van der Waals surface area (Å²) in [6.45, 7) is 0. The third kappa shape index (κ3) is 2.99. The van der Waals surface area contributed by atoms with E-state index in [1.54, 1.807) is 12.1 Å². The first kappa shape index (κ1) is 14.2. The number of fused-ring (bicyclic) bond motifs is 1. The van der Waals surface area contributed by atoms with Gasteiger partial charge in [-0.2, -0.15) is 0 Å². The molecule has 3 heteroatoms. The average Bonchev–Trinajstić information content (AvgIpc) is 2.50. The Hall–Kier alpha value is -1.71. The van der Waals surface area contributed by atoms with Crippen LogP contribution in [-0.4, -0.2) is 5.11 Å². The van der Waals surface area contributed by atoms with Crippen LogP contribution in [0.3, 0.4) is 0 Å². The summed E-state index contributed by atoms with van der Waals surface area (Å²) in [7, 11) is 0. The minimum Gasteiger partial charge on any atom is -0.388 e. The second-order valence-corrected chi connectivity index (χ2v) is 5.89. The van der Waals surface area contributed by atoms with Crippen LogP contribution in [0.15, 0.2) is 65.1 Å². The highest BCUT2D eigenvalue weighted by atomic mass is 79.9. The average molecular weight is 345 g/mol. The van der Waals surface area contributed by atoms with Gasteiger partial charge in [0, 0.05) is 6.42 Å². The van der Waals surface area contributed by atoms with E-state index in [1.165, 1.54) is 6.07 Å². The zero-order chi connectivity index (χ0) is 14.8. The summed E-state index contributed by atoms with van der Waals surface area (Å²) in [6, 6.07) is 18.8. The van der Waals surface area contributed by atoms with Crippen LogP contribution >= 0.6 is 15.9 Å². The van der Waals surface area contributed by atoms with E-state index in [0.29, 0.717) is 16.5 Å². The first-order valence-corrected chi connectivity index (χ1v) is 7.54. The van der Waals surface area contributed by atoms with E-state index in [-0.39, 0.29) is 5.82 Å². The van der Waals surface area contributed by atoms with E-state index >= 15 is 0 Å². The Morgan fingerprint density at radius 1 is 1.00 bits per heavy atom. The van der Waals surface area contributed by atoms with Gasteiger partial charge in [-0.15, -0.1) is 0 Å². The van der Waals surface area contributed by atoms with E-state index in [2.05, 4.69) is 15.9 Å². The van der Waals surface area contributed by atoms with Crippen LogP contribution in [0.2, 0.25) is 0 Å². The number of hydrogen-bond acceptors (Lipinski definition) is 1. The molecule has 3 aromatic carbocycles. The van der Waals surface area contributed by atoms with Crippen molar-refractivity contribution in [3.63, 3.8) is 0 Å². The number of benzene rings is 3. The van der Waals surface area contributed by atoms with Gasteiger partial charge in [-0.1, -0.05) is 48.5 Å². The van der Waals surface area contributed by atoms with Crippen LogP contribution in [0.4, 0.5) is 4.39 Å². The van der Waals surface area contributed by atoms with Gasteiger partial charge >= 0.3 is 0 Å². The van der Waals surface area contributed by atoms with Crippen molar-refractivity contribution in [2.24, 2.45) is 0 Å². The molecule has 21 heavy (non-hydrogen) atoms. The molecule has 0 radical (unpaired) electrons. The van der Waals surface area contributed by atoms with Crippen molar-refractivity contribution in [1.29, 1.82) is 0 Å². The van der Waals surface area contributed by atoms with Crippen molar-refractivity contribution >= 4 is 26.7 Å². The smallest absolute Gasteiger partial charge is 0.137 e. The van der Waals surface area contributed by atoms with Gasteiger partial charge in [-0.05, 0) is 50.0 Å². The van der Waals surface area contributed by atoms with E-state index < -0.39 is 6.10 Å². The maximum Gasteiger partial charge on any atom is 0.137 e. The van der Waals surface area contributed by atoms with E-state index in [9.17, 15) is 9.50 Å². The molecule has 0 aliphatic heterocycles. The minimum absolute atomic E-state index is 0.357. The minimum atomic E-state index is -0.724. The van der Waals surface area contributed by atoms with Crippen molar-refractivity contribution in [2.75, 3.05) is 0 Å². The molecule has 1 N–H and O–H groups in total. The van der Waals surface area contributed by atoms with Crippen molar-refractivity contribution in [3.05, 3.63) is 82.1 Å². The van der Waals surface area contributed by atoms with Crippen LogP contribution in [0.25, 0.3) is 10.8 Å². The maximum atomic E-state index is 13.6. The van der Waals surface area contributed by atoms with E-state index in [0.717, 1.165) is 16.3 Å². The third-order valence-corrected chi connectivity index (χ3v) is 4.26. The highest BCUT2D eigenvalue weighted by molar-refractivity contribution is 9.10. The van der Waals surface area contributed by atoms with Gasteiger partial charge in [0.15, 0.2) is 0 Å². The Balaban J connectivity index is 1.92. The summed E-state index contributed by atoms with van der Waals surface area (Å²) >= 11 is 3.12. The van der Waals surface area contributed by atoms with Gasteiger partial charge in [0.25, 0.3) is 0 Å². The SMILES string of the molecule is OC(Cc1cccc2ccccc12)c1ccc(Br)c(F)c1. The monoisotopic (exact) mass is 344 g/mol. The molecule has 0 saturated carbocycles. The largest absolute Gasteiger partial charge is 0.388 e. The van der Waals surface area contributed by atoms with Crippen LogP contribution in [0.5, 0.6) is 0 Å². The van der Waals surface area contributed by atoms with Crippen molar-refractivity contribution in [2.45, 2.75) is 12.5 Å². The number of halogens is 2. The second-order valence-electron chi connectivity index (χ2n) is 5.03. The second kappa shape index (κ2) is 5.96. The van der Waals surface area contributed by atoms with E-state index in [1.807, 2.05) is 42.5 Å². The summed E-state index contributed by atoms with van der Waals surface area (Å²) in [5.74, 6) is -0.357. The molecule has 1 unspecified atom stereocenters. The van der Waals surface area contributed by atoms with Gasteiger partial charge in [-0.3, -0.25) is 0 Å². The maximum absolute atomic E-state index is 13.6. The Morgan fingerprint density at radius 2 is 1.76 bits per heavy atom. The van der Waals surface area contributed by atoms with Crippen LogP contribution < -0.4 is 0 Å². The Labute approximate surface area is 131 Å². The molecule has 1 atom stereocenters. The Bertz CT molecular complexity index is 780. The predicted molar refractivity (Wildman–Crippen MR) is 86.7 cm³/mol. The first-order valence-electron chi connectivity index (χ1n) is 6.75. The molecule has 0 amide bonds. The standard InChI is InChI=1S/C18H14BrFO/c19-16-9-8-14(10-17(16)20)18(21)11-13-6-3-5-12-4-1-2-7-15(12)13/h1-10,18,21H,11H2. The fourth-order valence-electron chi connectivity index (χ4n) is 2.52. The lowest BCUT2D eigenvalue weighted by atomic mass is 9.97. The van der Waals surface area contributed by atoms with Crippen molar-refractivity contribution < 1.29 is 9.50 Å². The van der Waals surface area contributed by atoms with Crippen LogP contribution in [0.1, 0.15) is 17.2 Å². The molecular weight excluding hydrogens is 331 g/mol. The molecule has 0 heterocycles. The lowest BCUT2D eigenvalue weighted by molar-refractivity contribution is 0.178. The van der Waals surface area contributed by atoms with Crippen molar-refractivity contribution in [3.8, 4) is 0 Å². The summed E-state index contributed by atoms with van der Waals surface area (Å²) in [4.78, 5) is 0. The third-order valence-electron chi connectivity index (χ3n) is 3.62. The van der Waals surface area contributed by atoms with Gasteiger partial charge in [0.2, 0.25) is 0 Å². The summed E-state index contributed by atoms with van der Waals surface area (Å²) < 4.78 is 14.0. The highest BCUT2D eigenvalue weighted by Gasteiger charge is 2.12. The molecule has 0 fully saturated rings. The topological polar surface area (TPSA) is 20.2 Å². The molecule has 1 nitrogen and oxygen atoms in total. The highest BCUT2D eigenvalue weighted by Crippen LogP contribution is 2.26. The molecule has 3 aromatic rings. The number of aliphatic hydroxyl groups excluding tert-OH is 1. The zero-order valence-electron chi connectivity index (χ0n) is 11.3. The summed E-state index contributed by atoms with van der Waals surface area (Å²) in [6.07, 6.45) is -0.263. The van der Waals surface area contributed by atoms with Gasteiger partial charge in [-0.25, -0.2) is 4.39 Å². The van der Waals surface area contributed by atoms with Gasteiger partial charge in [0.05, 0.1) is 10.6 Å². The molecule has 0 aliphatic rings. The fourth-order valence-corrected chi connectivity index (χ4v) is 2.76. The van der Waals surface area contributed by atoms with Crippen molar-refractivity contribution in [1.82, 2.24) is 0 Å². The van der Waals surface area contributed by atoms with Crippen LogP contribution in [0, 0.1) is 5.82 Å². The Morgan fingerprint density at radius 3 is 2.57 bits per heavy atom. The Kier molecular flexibility index (Phi) is 4.04. The predicted octanol–water partition coefficient (Wildman–Crippen LogP) is 5.02. The van der Waals surface area contributed by atoms with Gasteiger partial charge < -0.3 is 5.11 Å².